The van der Waals surface area contributed by atoms with E-state index in [2.05, 4.69) is 0 Å². The minimum atomic E-state index is -0.828. The molecule has 0 amide bonds. The molecular weight excluding hydrogens is 188 g/mol. The van der Waals surface area contributed by atoms with Gasteiger partial charge in [-0.1, -0.05) is 12.1 Å². The van der Waals surface area contributed by atoms with Gasteiger partial charge in [-0.3, -0.25) is 10.4 Å². The fourth-order valence-corrected chi connectivity index (χ4v) is 1.24. The summed E-state index contributed by atoms with van der Waals surface area (Å²) in [6.45, 7) is 0. The molecule has 0 fully saturated rings. The highest BCUT2D eigenvalue weighted by Gasteiger charge is 2.29. The third kappa shape index (κ3) is 0.983. The lowest BCUT2D eigenvalue weighted by Gasteiger charge is -2.29. The number of hydroxylamine groups is 2. The number of benzene rings is 1. The van der Waals surface area contributed by atoms with Gasteiger partial charge in [0.05, 0.1) is 11.4 Å². The highest BCUT2D eigenvalue weighted by Crippen LogP contribution is 2.35. The summed E-state index contributed by atoms with van der Waals surface area (Å²) in [5.74, 6) is -1.66. The number of hydrogen-bond donors (Lipinski definition) is 4. The van der Waals surface area contributed by atoms with Crippen molar-refractivity contribution >= 4 is 11.4 Å². The van der Waals surface area contributed by atoms with Crippen LogP contribution in [0.1, 0.15) is 0 Å². The van der Waals surface area contributed by atoms with E-state index in [-0.39, 0.29) is 11.4 Å². The molecule has 6 heteroatoms. The molecule has 2 rings (SSSR count). The number of nitrogens with zero attached hydrogens (tertiary/aromatic N) is 2. The Balaban J connectivity index is 2.61. The van der Waals surface area contributed by atoms with Gasteiger partial charge in [0, 0.05) is 0 Å². The van der Waals surface area contributed by atoms with E-state index in [1.165, 1.54) is 12.1 Å². The molecular formula is C8H8N2O4. The van der Waals surface area contributed by atoms with Crippen molar-refractivity contribution in [2.75, 3.05) is 10.1 Å². The molecule has 1 aromatic carbocycles. The first-order valence-corrected chi connectivity index (χ1v) is 3.82. The van der Waals surface area contributed by atoms with Crippen LogP contribution in [0.3, 0.4) is 0 Å². The van der Waals surface area contributed by atoms with Crippen molar-refractivity contribution < 1.29 is 20.6 Å². The molecule has 0 aromatic heterocycles. The minimum Gasteiger partial charge on any atom is -0.489 e. The zero-order valence-electron chi connectivity index (χ0n) is 6.99. The van der Waals surface area contributed by atoms with Crippen LogP contribution in [0.25, 0.3) is 0 Å². The van der Waals surface area contributed by atoms with E-state index >= 15 is 0 Å². The van der Waals surface area contributed by atoms with Gasteiger partial charge in [0.25, 0.3) is 11.8 Å². The predicted molar refractivity (Wildman–Crippen MR) is 47.3 cm³/mol. The lowest BCUT2D eigenvalue weighted by atomic mass is 10.2. The van der Waals surface area contributed by atoms with Crippen molar-refractivity contribution in [3.05, 3.63) is 36.0 Å². The minimum absolute atomic E-state index is 0.172. The number of hydrogen-bond acceptors (Lipinski definition) is 6. The van der Waals surface area contributed by atoms with Gasteiger partial charge in [-0.2, -0.15) is 10.1 Å². The highest BCUT2D eigenvalue weighted by molar-refractivity contribution is 5.74. The molecule has 4 N–H and O–H groups in total. The van der Waals surface area contributed by atoms with Gasteiger partial charge in [-0.25, -0.2) is 0 Å². The highest BCUT2D eigenvalue weighted by atomic mass is 16.6. The fraction of sp³-hybridized carbons (Fsp3) is 0. The second kappa shape index (κ2) is 2.79. The summed E-state index contributed by atoms with van der Waals surface area (Å²) in [7, 11) is 0. The van der Waals surface area contributed by atoms with E-state index in [0.717, 1.165) is 0 Å². The fourth-order valence-electron chi connectivity index (χ4n) is 1.24. The predicted octanol–water partition coefficient (Wildman–Crippen LogP) is 1.33. The van der Waals surface area contributed by atoms with Gasteiger partial charge in [0.15, 0.2) is 0 Å². The molecule has 0 spiro atoms. The van der Waals surface area contributed by atoms with Crippen molar-refractivity contribution in [3.63, 3.8) is 0 Å². The molecule has 0 aliphatic carbocycles. The van der Waals surface area contributed by atoms with Crippen molar-refractivity contribution in [2.24, 2.45) is 0 Å². The maximum Gasteiger partial charge on any atom is 0.281 e. The Hall–Kier alpha value is -1.92. The molecule has 0 atom stereocenters. The first kappa shape index (κ1) is 8.67. The van der Waals surface area contributed by atoms with Crippen molar-refractivity contribution in [3.8, 4) is 0 Å². The lowest BCUT2D eigenvalue weighted by molar-refractivity contribution is 0.148. The molecule has 1 aliphatic rings. The van der Waals surface area contributed by atoms with Crippen LogP contribution in [0.4, 0.5) is 11.4 Å². The quantitative estimate of drug-likeness (QED) is 0.500. The molecule has 1 aromatic rings. The Labute approximate surface area is 79.1 Å². The average molecular weight is 196 g/mol. The van der Waals surface area contributed by atoms with Crippen LogP contribution in [0.15, 0.2) is 36.0 Å². The van der Waals surface area contributed by atoms with E-state index in [9.17, 15) is 10.4 Å². The van der Waals surface area contributed by atoms with Gasteiger partial charge >= 0.3 is 0 Å². The standard InChI is InChI=1S/C8H8N2O4/c11-7-8(12)10(14)6-4-2-1-3-5(6)9(7)13/h1-4,11-14H. The Morgan fingerprint density at radius 3 is 1.50 bits per heavy atom. The summed E-state index contributed by atoms with van der Waals surface area (Å²) in [4.78, 5) is 0. The first-order chi connectivity index (χ1) is 6.63. The molecule has 0 unspecified atom stereocenters. The lowest BCUT2D eigenvalue weighted by Crippen LogP contribution is -2.32. The number of aliphatic hydroxyl groups excluding tert-OH is 2. The van der Waals surface area contributed by atoms with Gasteiger partial charge in [-0.05, 0) is 12.1 Å². The van der Waals surface area contributed by atoms with E-state index in [0.29, 0.717) is 10.1 Å². The SMILES string of the molecule is OC1=C(O)N(O)c2ccccc2N1O. The molecule has 0 radical (unpaired) electrons. The van der Waals surface area contributed by atoms with Crippen LogP contribution in [0.5, 0.6) is 0 Å². The maximum absolute atomic E-state index is 9.35. The van der Waals surface area contributed by atoms with Gasteiger partial charge in [0.1, 0.15) is 0 Å². The van der Waals surface area contributed by atoms with Gasteiger partial charge in [-0.15, -0.1) is 0 Å². The second-order valence-corrected chi connectivity index (χ2v) is 2.76. The van der Waals surface area contributed by atoms with Crippen LogP contribution < -0.4 is 10.1 Å². The van der Waals surface area contributed by atoms with E-state index in [1.54, 1.807) is 12.1 Å². The molecule has 6 nitrogen and oxygen atoms in total. The van der Waals surface area contributed by atoms with Crippen molar-refractivity contribution in [1.29, 1.82) is 0 Å². The van der Waals surface area contributed by atoms with E-state index in [1.807, 2.05) is 0 Å². The van der Waals surface area contributed by atoms with E-state index < -0.39 is 11.8 Å². The number of fused-ring (bicyclic) bond motifs is 1. The Bertz CT molecular complexity index is 367. The Morgan fingerprint density at radius 1 is 0.786 bits per heavy atom. The first-order valence-electron chi connectivity index (χ1n) is 3.82. The zero-order chi connectivity index (χ0) is 10.3. The van der Waals surface area contributed by atoms with Gasteiger partial charge in [0.2, 0.25) is 0 Å². The zero-order valence-corrected chi connectivity index (χ0v) is 6.99. The van der Waals surface area contributed by atoms with Gasteiger partial charge < -0.3 is 10.2 Å². The largest absolute Gasteiger partial charge is 0.489 e. The number of rotatable bonds is 0. The normalized spacial score (nSPS) is 15.9. The molecule has 1 heterocycles. The maximum atomic E-state index is 9.35. The average Bonchev–Trinajstić information content (AvgIpc) is 2.23. The number of para-hydroxylation sites is 2. The summed E-state index contributed by atoms with van der Waals surface area (Å²) in [5.41, 5.74) is 0.343. The van der Waals surface area contributed by atoms with Crippen LogP contribution >= 0.6 is 0 Å². The summed E-state index contributed by atoms with van der Waals surface area (Å²) < 4.78 is 0. The molecule has 14 heavy (non-hydrogen) atoms. The summed E-state index contributed by atoms with van der Waals surface area (Å²) in [5, 5.41) is 37.8. The van der Waals surface area contributed by atoms with Crippen LogP contribution in [0.2, 0.25) is 0 Å². The molecule has 0 saturated heterocycles. The summed E-state index contributed by atoms with van der Waals surface area (Å²) in [6, 6.07) is 6.18. The van der Waals surface area contributed by atoms with Crippen LogP contribution in [0, 0.1) is 0 Å². The smallest absolute Gasteiger partial charge is 0.281 e. The van der Waals surface area contributed by atoms with Crippen molar-refractivity contribution in [2.45, 2.75) is 0 Å². The summed E-state index contributed by atoms with van der Waals surface area (Å²) >= 11 is 0. The monoisotopic (exact) mass is 196 g/mol. The van der Waals surface area contributed by atoms with E-state index in [4.69, 9.17) is 10.2 Å². The summed E-state index contributed by atoms with van der Waals surface area (Å²) in [6.07, 6.45) is 0. The number of anilines is 2. The Morgan fingerprint density at radius 2 is 1.14 bits per heavy atom. The van der Waals surface area contributed by atoms with Crippen LogP contribution in [-0.4, -0.2) is 20.6 Å². The second-order valence-electron chi connectivity index (χ2n) is 2.76. The van der Waals surface area contributed by atoms with Crippen molar-refractivity contribution in [1.82, 2.24) is 0 Å². The topological polar surface area (TPSA) is 87.4 Å². The Kier molecular flexibility index (Phi) is 1.73. The molecule has 0 saturated carbocycles. The molecule has 1 aliphatic heterocycles. The molecule has 0 bridgehead atoms. The van der Waals surface area contributed by atoms with Crippen LogP contribution in [-0.2, 0) is 0 Å². The third-order valence-electron chi connectivity index (χ3n) is 1.94. The molecule has 74 valence electrons. The number of aliphatic hydroxyl groups is 2. The third-order valence-corrected chi connectivity index (χ3v) is 1.94.